The van der Waals surface area contributed by atoms with E-state index >= 15 is 0 Å². The summed E-state index contributed by atoms with van der Waals surface area (Å²) in [6.45, 7) is 4.99. The Labute approximate surface area is 159 Å². The predicted molar refractivity (Wildman–Crippen MR) is 99.5 cm³/mol. The molecule has 0 radical (unpaired) electrons. The molecule has 2 saturated heterocycles. The molecule has 1 aromatic carbocycles. The van der Waals surface area contributed by atoms with E-state index in [0.29, 0.717) is 5.69 Å². The van der Waals surface area contributed by atoms with Gasteiger partial charge in [0.15, 0.2) is 0 Å². The molecule has 0 N–H and O–H groups in total. The second-order valence-corrected chi connectivity index (χ2v) is 8.38. The van der Waals surface area contributed by atoms with Gasteiger partial charge in [-0.2, -0.15) is 5.10 Å². The van der Waals surface area contributed by atoms with E-state index < -0.39 is 0 Å². The largest absolute Gasteiger partial charge is 0.487 e. The Kier molecular flexibility index (Phi) is 3.63. The Balaban J connectivity index is 1.46. The van der Waals surface area contributed by atoms with Crippen LogP contribution in [0.5, 0.6) is 5.75 Å². The van der Waals surface area contributed by atoms with Gasteiger partial charge in [0.25, 0.3) is 5.91 Å². The molecule has 1 aromatic heterocycles. The summed E-state index contributed by atoms with van der Waals surface area (Å²) < 4.78 is 14.6. The lowest BCUT2D eigenvalue weighted by Gasteiger charge is -2.50. The van der Waals surface area contributed by atoms with E-state index in [1.165, 1.54) is 0 Å². The number of carbonyl (C=O) groups is 1. The van der Waals surface area contributed by atoms with Crippen molar-refractivity contribution in [2.75, 3.05) is 6.54 Å². The van der Waals surface area contributed by atoms with E-state index in [-0.39, 0.29) is 35.7 Å². The number of ether oxygens (including phenoxy) is 2. The number of nitrogens with zero attached hydrogens (tertiary/aromatic N) is 3. The molecule has 5 rings (SSSR count). The summed E-state index contributed by atoms with van der Waals surface area (Å²) in [5, 5.41) is 4.14. The number of hydrogen-bond donors (Lipinski definition) is 0. The highest BCUT2D eigenvalue weighted by Crippen LogP contribution is 2.52. The molecule has 2 fully saturated rings. The van der Waals surface area contributed by atoms with Crippen molar-refractivity contribution in [3.05, 3.63) is 47.8 Å². The van der Waals surface area contributed by atoms with Crippen molar-refractivity contribution < 1.29 is 14.3 Å². The molecule has 6 heteroatoms. The monoisotopic (exact) mass is 367 g/mol. The number of para-hydroxylation sites is 1. The van der Waals surface area contributed by atoms with Crippen LogP contribution in [0.1, 0.15) is 48.8 Å². The van der Waals surface area contributed by atoms with Crippen molar-refractivity contribution in [3.63, 3.8) is 0 Å². The number of hydrogen-bond acceptors (Lipinski definition) is 4. The Bertz CT molecular complexity index is 890. The highest BCUT2D eigenvalue weighted by Gasteiger charge is 2.53. The Morgan fingerprint density at radius 3 is 2.85 bits per heavy atom. The molecule has 6 nitrogen and oxygen atoms in total. The van der Waals surface area contributed by atoms with E-state index in [2.05, 4.69) is 25.0 Å². The fraction of sp³-hybridized carbons (Fsp3) is 0.524. The van der Waals surface area contributed by atoms with Gasteiger partial charge in [-0.25, -0.2) is 0 Å². The normalized spacial score (nSPS) is 30.9. The molecule has 0 unspecified atom stereocenters. The van der Waals surface area contributed by atoms with Crippen molar-refractivity contribution in [1.82, 2.24) is 14.7 Å². The molecule has 0 saturated carbocycles. The highest BCUT2D eigenvalue weighted by molar-refractivity contribution is 5.93. The first-order valence-corrected chi connectivity index (χ1v) is 9.68. The first-order chi connectivity index (χ1) is 13.0. The maximum Gasteiger partial charge on any atom is 0.272 e. The Morgan fingerprint density at radius 2 is 2.07 bits per heavy atom. The van der Waals surface area contributed by atoms with Crippen molar-refractivity contribution >= 4 is 5.91 Å². The molecule has 4 atom stereocenters. The van der Waals surface area contributed by atoms with Gasteiger partial charge in [0.1, 0.15) is 17.0 Å². The van der Waals surface area contributed by atoms with Crippen molar-refractivity contribution in [2.45, 2.75) is 50.5 Å². The molecule has 2 aromatic rings. The minimum Gasteiger partial charge on any atom is -0.487 e. The molecule has 3 aliphatic rings. The maximum atomic E-state index is 13.1. The third-order valence-corrected chi connectivity index (χ3v) is 6.46. The van der Waals surface area contributed by atoms with Crippen LogP contribution in [0.4, 0.5) is 0 Å². The van der Waals surface area contributed by atoms with Crippen molar-refractivity contribution in [2.24, 2.45) is 13.0 Å². The third-order valence-electron chi connectivity index (χ3n) is 6.46. The van der Waals surface area contributed by atoms with E-state index in [4.69, 9.17) is 9.47 Å². The summed E-state index contributed by atoms with van der Waals surface area (Å²) in [5.41, 5.74) is 1.42. The van der Waals surface area contributed by atoms with Gasteiger partial charge in [0.2, 0.25) is 0 Å². The second kappa shape index (κ2) is 5.83. The zero-order chi connectivity index (χ0) is 18.8. The molecule has 0 aliphatic carbocycles. The molecular formula is C21H25N3O3. The van der Waals surface area contributed by atoms with Crippen LogP contribution >= 0.6 is 0 Å². The predicted octanol–water partition coefficient (Wildman–Crippen LogP) is 2.95. The quantitative estimate of drug-likeness (QED) is 0.778. The molecule has 142 valence electrons. The average molecular weight is 367 g/mol. The van der Waals surface area contributed by atoms with E-state index in [1.54, 1.807) is 16.9 Å². The van der Waals surface area contributed by atoms with Gasteiger partial charge in [-0.15, -0.1) is 0 Å². The zero-order valence-electron chi connectivity index (χ0n) is 16.0. The topological polar surface area (TPSA) is 56.6 Å². The summed E-state index contributed by atoms with van der Waals surface area (Å²) >= 11 is 0. The minimum atomic E-state index is -0.339. The summed E-state index contributed by atoms with van der Waals surface area (Å²) in [7, 11) is 1.81. The van der Waals surface area contributed by atoms with Gasteiger partial charge in [-0.3, -0.25) is 9.48 Å². The standard InChI is InChI=1S/C21H25N3O3/c1-21(2)14-12-16-18(26-19(14)13-6-4-5-7-17(13)27-21)9-11-24(16)20(25)15-8-10-22-23(15)3/h4-8,10,14,16,18-19H,9,11-12H2,1-3H3/t14-,16-,18-,19+/m1/s1. The number of amides is 1. The molecule has 3 aliphatic heterocycles. The van der Waals surface area contributed by atoms with Gasteiger partial charge >= 0.3 is 0 Å². The fourth-order valence-electron chi connectivity index (χ4n) is 5.02. The van der Waals surface area contributed by atoms with Crippen LogP contribution in [0.2, 0.25) is 0 Å². The summed E-state index contributed by atoms with van der Waals surface area (Å²) in [6, 6.07) is 10.0. The van der Waals surface area contributed by atoms with Crippen LogP contribution in [0.3, 0.4) is 0 Å². The van der Waals surface area contributed by atoms with Crippen LogP contribution in [-0.4, -0.2) is 44.9 Å². The number of aromatic nitrogens is 2. The molecule has 0 spiro atoms. The molecule has 27 heavy (non-hydrogen) atoms. The van der Waals surface area contributed by atoms with Crippen LogP contribution in [0.25, 0.3) is 0 Å². The summed E-state index contributed by atoms with van der Waals surface area (Å²) in [6.07, 6.45) is 3.54. The number of carbonyl (C=O) groups excluding carboxylic acids is 1. The van der Waals surface area contributed by atoms with Gasteiger partial charge in [-0.05, 0) is 38.8 Å². The van der Waals surface area contributed by atoms with Crippen LogP contribution in [0, 0.1) is 5.92 Å². The maximum absolute atomic E-state index is 13.1. The van der Waals surface area contributed by atoms with E-state index in [9.17, 15) is 4.79 Å². The minimum absolute atomic E-state index is 0.0259. The number of fused-ring (bicyclic) bond motifs is 4. The number of likely N-dealkylation sites (tertiary alicyclic amines) is 1. The second-order valence-electron chi connectivity index (χ2n) is 8.38. The SMILES string of the molecule is Cn1nccc1C(=O)N1CC[C@H]2O[C@H]3c4ccccc4OC(C)(C)[C@@H]3C[C@H]21. The zero-order valence-corrected chi connectivity index (χ0v) is 16.0. The fourth-order valence-corrected chi connectivity index (χ4v) is 5.02. The summed E-state index contributed by atoms with van der Waals surface area (Å²) in [5.74, 6) is 1.16. The third kappa shape index (κ3) is 2.50. The van der Waals surface area contributed by atoms with Crippen molar-refractivity contribution in [3.8, 4) is 5.75 Å². The number of rotatable bonds is 1. The highest BCUT2D eigenvalue weighted by atomic mass is 16.5. The first kappa shape index (κ1) is 16.8. The van der Waals surface area contributed by atoms with E-state index in [0.717, 1.165) is 30.7 Å². The van der Waals surface area contributed by atoms with Crippen LogP contribution in [-0.2, 0) is 11.8 Å². The van der Waals surface area contributed by atoms with Crippen molar-refractivity contribution in [1.29, 1.82) is 0 Å². The lowest BCUT2D eigenvalue weighted by Crippen LogP contribution is -2.54. The number of benzene rings is 1. The van der Waals surface area contributed by atoms with Gasteiger partial charge in [-0.1, -0.05) is 18.2 Å². The molecule has 1 amide bonds. The van der Waals surface area contributed by atoms with Gasteiger partial charge < -0.3 is 14.4 Å². The molecule has 0 bridgehead atoms. The van der Waals surface area contributed by atoms with Gasteiger partial charge in [0.05, 0.1) is 18.2 Å². The number of aryl methyl sites for hydroxylation is 1. The summed E-state index contributed by atoms with van der Waals surface area (Å²) in [4.78, 5) is 15.1. The Morgan fingerprint density at radius 1 is 1.26 bits per heavy atom. The van der Waals surface area contributed by atoms with Gasteiger partial charge in [0, 0.05) is 31.3 Å². The van der Waals surface area contributed by atoms with Crippen LogP contribution < -0.4 is 4.74 Å². The lowest BCUT2D eigenvalue weighted by molar-refractivity contribution is -0.159. The van der Waals surface area contributed by atoms with E-state index in [1.807, 2.05) is 30.1 Å². The smallest absolute Gasteiger partial charge is 0.272 e. The average Bonchev–Trinajstić information content (AvgIpc) is 3.25. The Hall–Kier alpha value is -2.34. The molecular weight excluding hydrogens is 342 g/mol. The van der Waals surface area contributed by atoms with Crippen LogP contribution in [0.15, 0.2) is 36.5 Å². The molecule has 4 heterocycles. The lowest BCUT2D eigenvalue weighted by atomic mass is 9.74. The first-order valence-electron chi connectivity index (χ1n) is 9.68.